The van der Waals surface area contributed by atoms with Gasteiger partial charge in [0.1, 0.15) is 0 Å². The monoisotopic (exact) mass is 297 g/mol. The number of sulfonamides is 1. The Morgan fingerprint density at radius 2 is 1.95 bits per heavy atom. The predicted molar refractivity (Wildman–Crippen MR) is 59.3 cm³/mol. The van der Waals surface area contributed by atoms with E-state index in [2.05, 4.69) is 0 Å². The van der Waals surface area contributed by atoms with E-state index in [1.54, 1.807) is 0 Å². The van der Waals surface area contributed by atoms with Crippen molar-refractivity contribution in [1.82, 2.24) is 4.72 Å². The molecule has 0 saturated heterocycles. The van der Waals surface area contributed by atoms with Crippen LogP contribution in [-0.4, -0.2) is 26.0 Å². The van der Waals surface area contributed by atoms with Crippen LogP contribution in [-0.2, 0) is 16.2 Å². The molecule has 0 saturated carbocycles. The Hall–Kier alpha value is -1.61. The average molecular weight is 297 g/mol. The van der Waals surface area contributed by atoms with E-state index in [4.69, 9.17) is 5.11 Å². The minimum atomic E-state index is -4.95. The molecule has 1 aromatic carbocycles. The Morgan fingerprint density at radius 1 is 1.37 bits per heavy atom. The van der Waals surface area contributed by atoms with E-state index in [9.17, 15) is 26.4 Å². The van der Waals surface area contributed by atoms with Crippen LogP contribution in [0.1, 0.15) is 22.8 Å². The average Bonchev–Trinajstić information content (AvgIpc) is 2.26. The van der Waals surface area contributed by atoms with Gasteiger partial charge in [0.2, 0.25) is 10.0 Å². The van der Waals surface area contributed by atoms with Gasteiger partial charge in [-0.2, -0.15) is 13.2 Å². The lowest BCUT2D eigenvalue weighted by Crippen LogP contribution is -2.24. The van der Waals surface area contributed by atoms with Crippen molar-refractivity contribution in [2.75, 3.05) is 6.54 Å². The topological polar surface area (TPSA) is 83.5 Å². The third-order valence-corrected chi connectivity index (χ3v) is 3.71. The van der Waals surface area contributed by atoms with Gasteiger partial charge in [-0.1, -0.05) is 6.92 Å². The van der Waals surface area contributed by atoms with Gasteiger partial charge in [0.05, 0.1) is 16.0 Å². The summed E-state index contributed by atoms with van der Waals surface area (Å²) < 4.78 is 63.2. The first-order valence-corrected chi connectivity index (χ1v) is 6.52. The minimum absolute atomic E-state index is 0.00433. The van der Waals surface area contributed by atoms with Gasteiger partial charge < -0.3 is 5.11 Å². The first-order chi connectivity index (χ1) is 8.59. The number of halogens is 3. The van der Waals surface area contributed by atoms with Crippen molar-refractivity contribution in [2.45, 2.75) is 18.0 Å². The molecular formula is C10H10F3NO4S. The number of hydrogen-bond donors (Lipinski definition) is 2. The molecule has 0 aliphatic rings. The van der Waals surface area contributed by atoms with Crippen LogP contribution in [0.2, 0.25) is 0 Å². The molecule has 0 unspecified atom stereocenters. The molecule has 0 heterocycles. The molecule has 0 radical (unpaired) electrons. The molecule has 0 fully saturated rings. The van der Waals surface area contributed by atoms with E-state index in [1.807, 2.05) is 4.72 Å². The van der Waals surface area contributed by atoms with Crippen LogP contribution in [0.25, 0.3) is 0 Å². The van der Waals surface area contributed by atoms with Gasteiger partial charge >= 0.3 is 12.1 Å². The maximum atomic E-state index is 12.7. The van der Waals surface area contributed by atoms with Crippen LogP contribution in [0.4, 0.5) is 13.2 Å². The lowest BCUT2D eigenvalue weighted by Gasteiger charge is -2.12. The van der Waals surface area contributed by atoms with Crippen LogP contribution in [0.5, 0.6) is 0 Å². The third kappa shape index (κ3) is 3.44. The van der Waals surface area contributed by atoms with Gasteiger partial charge in [-0.3, -0.25) is 0 Å². The Kier molecular flexibility index (Phi) is 4.21. The number of nitrogens with one attached hydrogen (secondary N) is 1. The first kappa shape index (κ1) is 15.4. The van der Waals surface area contributed by atoms with E-state index in [1.165, 1.54) is 6.92 Å². The highest BCUT2D eigenvalue weighted by molar-refractivity contribution is 7.89. The second-order valence-electron chi connectivity index (χ2n) is 3.51. The molecular weight excluding hydrogens is 287 g/mol. The fraction of sp³-hybridized carbons (Fsp3) is 0.300. The second-order valence-corrected chi connectivity index (χ2v) is 5.28. The number of carbonyl (C=O) groups is 1. The van der Waals surface area contributed by atoms with Crippen LogP contribution in [0, 0.1) is 0 Å². The number of carboxylic acids is 1. The Labute approximate surface area is 107 Å². The maximum Gasteiger partial charge on any atom is 0.417 e. The summed E-state index contributed by atoms with van der Waals surface area (Å²) >= 11 is 0. The van der Waals surface area contributed by atoms with Crippen molar-refractivity contribution in [3.63, 3.8) is 0 Å². The molecule has 1 aromatic rings. The molecule has 0 aliphatic carbocycles. The summed E-state index contributed by atoms with van der Waals surface area (Å²) in [6.07, 6.45) is -4.95. The van der Waals surface area contributed by atoms with Gasteiger partial charge in [0.25, 0.3) is 0 Å². The fourth-order valence-corrected chi connectivity index (χ4v) is 2.45. The molecule has 0 amide bonds. The summed E-state index contributed by atoms with van der Waals surface area (Å²) in [5.41, 5.74) is -2.50. The van der Waals surface area contributed by atoms with Crippen LogP contribution in [0.15, 0.2) is 23.1 Å². The number of benzene rings is 1. The molecule has 2 N–H and O–H groups in total. The van der Waals surface area contributed by atoms with E-state index < -0.39 is 38.2 Å². The zero-order chi connectivity index (χ0) is 14.8. The van der Waals surface area contributed by atoms with Crippen LogP contribution < -0.4 is 4.72 Å². The van der Waals surface area contributed by atoms with Gasteiger partial charge in [-0.15, -0.1) is 0 Å². The summed E-state index contributed by atoms with van der Waals surface area (Å²) in [6, 6.07) is 1.74. The smallest absolute Gasteiger partial charge is 0.417 e. The first-order valence-electron chi connectivity index (χ1n) is 5.03. The lowest BCUT2D eigenvalue weighted by atomic mass is 10.1. The predicted octanol–water partition coefficient (Wildman–Crippen LogP) is 1.70. The molecule has 19 heavy (non-hydrogen) atoms. The SMILES string of the molecule is CCNS(=O)(=O)c1ccc(C(=O)O)c(C(F)(F)F)c1. The van der Waals surface area contributed by atoms with Gasteiger partial charge in [0.15, 0.2) is 0 Å². The van der Waals surface area contributed by atoms with E-state index in [0.29, 0.717) is 12.1 Å². The molecule has 106 valence electrons. The fourth-order valence-electron chi connectivity index (χ4n) is 1.38. The van der Waals surface area contributed by atoms with Gasteiger partial charge in [0, 0.05) is 6.54 Å². The Bertz CT molecular complexity index is 595. The molecule has 0 bridgehead atoms. The Morgan fingerprint density at radius 3 is 2.37 bits per heavy atom. The van der Waals surface area contributed by atoms with E-state index in [0.717, 1.165) is 6.07 Å². The quantitative estimate of drug-likeness (QED) is 0.886. The van der Waals surface area contributed by atoms with E-state index >= 15 is 0 Å². The molecule has 0 aromatic heterocycles. The number of alkyl halides is 3. The summed E-state index contributed by atoms with van der Waals surface area (Å²) in [5.74, 6) is -1.78. The molecule has 0 aliphatic heterocycles. The van der Waals surface area contributed by atoms with Crippen LogP contribution in [0.3, 0.4) is 0 Å². The van der Waals surface area contributed by atoms with E-state index in [-0.39, 0.29) is 6.54 Å². The summed E-state index contributed by atoms with van der Waals surface area (Å²) in [4.78, 5) is 10.1. The summed E-state index contributed by atoms with van der Waals surface area (Å²) in [6.45, 7) is 1.47. The molecule has 1 rings (SSSR count). The molecule has 5 nitrogen and oxygen atoms in total. The normalized spacial score (nSPS) is 12.4. The number of carboxylic acid groups (broad SMARTS) is 1. The largest absolute Gasteiger partial charge is 0.478 e. The summed E-state index contributed by atoms with van der Waals surface area (Å²) in [7, 11) is -4.08. The molecule has 0 spiro atoms. The van der Waals surface area contributed by atoms with Crippen molar-refractivity contribution >= 4 is 16.0 Å². The second kappa shape index (κ2) is 5.17. The zero-order valence-corrected chi connectivity index (χ0v) is 10.5. The third-order valence-electron chi connectivity index (χ3n) is 2.17. The zero-order valence-electron chi connectivity index (χ0n) is 9.65. The maximum absolute atomic E-state index is 12.7. The van der Waals surface area contributed by atoms with Crippen molar-refractivity contribution in [2.24, 2.45) is 0 Å². The molecule has 9 heteroatoms. The van der Waals surface area contributed by atoms with Crippen molar-refractivity contribution in [1.29, 1.82) is 0 Å². The number of hydrogen-bond acceptors (Lipinski definition) is 3. The number of aromatic carboxylic acids is 1. The minimum Gasteiger partial charge on any atom is -0.478 e. The highest BCUT2D eigenvalue weighted by Gasteiger charge is 2.36. The lowest BCUT2D eigenvalue weighted by molar-refractivity contribution is -0.138. The van der Waals surface area contributed by atoms with Crippen molar-refractivity contribution in [3.8, 4) is 0 Å². The molecule has 0 atom stereocenters. The van der Waals surface area contributed by atoms with Gasteiger partial charge in [-0.25, -0.2) is 17.9 Å². The highest BCUT2D eigenvalue weighted by atomic mass is 32.2. The Balaban J connectivity index is 3.47. The van der Waals surface area contributed by atoms with Crippen molar-refractivity contribution in [3.05, 3.63) is 29.3 Å². The standard InChI is InChI=1S/C10H10F3NO4S/c1-2-14-19(17,18)6-3-4-7(9(15)16)8(5-6)10(11,12)13/h3-5,14H,2H2,1H3,(H,15,16). The highest BCUT2D eigenvalue weighted by Crippen LogP contribution is 2.33. The number of rotatable bonds is 4. The summed E-state index contributed by atoms with van der Waals surface area (Å²) in [5, 5.41) is 8.66. The van der Waals surface area contributed by atoms with Gasteiger partial charge in [-0.05, 0) is 18.2 Å². The van der Waals surface area contributed by atoms with Crippen molar-refractivity contribution < 1.29 is 31.5 Å². The van der Waals surface area contributed by atoms with Crippen LogP contribution >= 0.6 is 0 Å².